The molecule has 1 aromatic carbocycles. The first-order valence-electron chi connectivity index (χ1n) is 6.12. The first-order valence-corrected chi connectivity index (χ1v) is 7.94. The van der Waals surface area contributed by atoms with E-state index in [4.69, 9.17) is 22.1 Å². The summed E-state index contributed by atoms with van der Waals surface area (Å²) in [4.78, 5) is 9.90. The van der Waals surface area contributed by atoms with Gasteiger partial charge in [-0.15, -0.1) is 12.4 Å². The Morgan fingerprint density at radius 2 is 2.18 bits per heavy atom. The fourth-order valence-corrected chi connectivity index (χ4v) is 3.80. The molecule has 0 amide bonds. The number of nitrogens with zero attached hydrogens (tertiary/aromatic N) is 2. The Morgan fingerprint density at radius 3 is 2.77 bits per heavy atom. The number of ether oxygens (including phenoxy) is 1. The van der Waals surface area contributed by atoms with Crippen molar-refractivity contribution in [1.82, 2.24) is 4.31 Å². The molecule has 0 radical (unpaired) electrons. The van der Waals surface area contributed by atoms with E-state index in [0.717, 1.165) is 16.4 Å². The van der Waals surface area contributed by atoms with E-state index in [2.05, 4.69) is 0 Å². The van der Waals surface area contributed by atoms with Gasteiger partial charge in [-0.3, -0.25) is 10.1 Å². The summed E-state index contributed by atoms with van der Waals surface area (Å²) in [6.07, 6.45) is -0.417. The predicted molar refractivity (Wildman–Crippen MR) is 82.9 cm³/mol. The van der Waals surface area contributed by atoms with E-state index in [0.29, 0.717) is 0 Å². The lowest BCUT2D eigenvalue weighted by molar-refractivity contribution is -0.387. The van der Waals surface area contributed by atoms with Gasteiger partial charge < -0.3 is 10.5 Å². The van der Waals surface area contributed by atoms with Gasteiger partial charge in [-0.05, 0) is 12.1 Å². The second-order valence-electron chi connectivity index (χ2n) is 4.46. The third-order valence-corrected chi connectivity index (χ3v) is 5.25. The molecule has 1 aliphatic heterocycles. The fraction of sp³-hybridized carbons (Fsp3) is 0.455. The smallest absolute Gasteiger partial charge is 0.290 e. The molecular weight excluding hydrogens is 357 g/mol. The third-order valence-electron chi connectivity index (χ3n) is 3.10. The molecule has 1 aromatic rings. The largest absolute Gasteiger partial charge is 0.374 e. The molecule has 1 aliphatic rings. The van der Waals surface area contributed by atoms with Gasteiger partial charge in [-0.25, -0.2) is 8.42 Å². The average Bonchev–Trinajstić information content (AvgIpc) is 2.46. The number of nitro groups is 1. The number of rotatable bonds is 4. The number of hydrogen-bond donors (Lipinski definition) is 1. The van der Waals surface area contributed by atoms with Gasteiger partial charge in [-0.2, -0.15) is 4.31 Å². The van der Waals surface area contributed by atoms with Crippen LogP contribution in [0, 0.1) is 10.1 Å². The molecule has 1 fully saturated rings. The molecule has 0 aromatic heterocycles. The molecule has 11 heteroatoms. The Labute approximate surface area is 138 Å². The molecular formula is C11H15Cl2N3O5S. The van der Waals surface area contributed by atoms with Crippen LogP contribution in [0.15, 0.2) is 23.1 Å². The summed E-state index contributed by atoms with van der Waals surface area (Å²) in [6, 6.07) is 3.47. The minimum atomic E-state index is -4.00. The van der Waals surface area contributed by atoms with Crippen LogP contribution in [-0.2, 0) is 14.8 Å². The first-order chi connectivity index (χ1) is 9.86. The molecule has 0 aliphatic carbocycles. The van der Waals surface area contributed by atoms with Crippen LogP contribution in [0.5, 0.6) is 0 Å². The van der Waals surface area contributed by atoms with E-state index < -0.39 is 26.7 Å². The minimum Gasteiger partial charge on any atom is -0.374 e. The Kier molecular flexibility index (Phi) is 6.53. The molecule has 0 saturated carbocycles. The van der Waals surface area contributed by atoms with Crippen LogP contribution in [0.3, 0.4) is 0 Å². The highest BCUT2D eigenvalue weighted by atomic mass is 35.5. The highest BCUT2D eigenvalue weighted by Crippen LogP contribution is 2.30. The summed E-state index contributed by atoms with van der Waals surface area (Å²) in [7, 11) is -4.00. The van der Waals surface area contributed by atoms with Gasteiger partial charge in [0, 0.05) is 30.7 Å². The average molecular weight is 372 g/mol. The summed E-state index contributed by atoms with van der Waals surface area (Å²) in [6.45, 7) is 0.564. The number of benzene rings is 1. The van der Waals surface area contributed by atoms with Gasteiger partial charge >= 0.3 is 0 Å². The molecule has 2 N–H and O–H groups in total. The molecule has 0 spiro atoms. The number of sulfonamides is 1. The van der Waals surface area contributed by atoms with Crippen molar-refractivity contribution >= 4 is 39.7 Å². The molecule has 1 heterocycles. The highest BCUT2D eigenvalue weighted by molar-refractivity contribution is 7.89. The Balaban J connectivity index is 0.00000242. The monoisotopic (exact) mass is 371 g/mol. The molecule has 1 atom stereocenters. The second kappa shape index (κ2) is 7.53. The van der Waals surface area contributed by atoms with Crippen molar-refractivity contribution in [3.05, 3.63) is 33.3 Å². The second-order valence-corrected chi connectivity index (χ2v) is 6.80. The van der Waals surface area contributed by atoms with E-state index in [1.807, 2.05) is 0 Å². The molecule has 2 rings (SSSR count). The van der Waals surface area contributed by atoms with E-state index in [-0.39, 0.29) is 48.6 Å². The zero-order chi connectivity index (χ0) is 15.6. The SMILES string of the molecule is Cl.NCC1CN(S(=O)(=O)c2ccc(Cl)cc2[N+](=O)[O-])CCO1. The zero-order valence-corrected chi connectivity index (χ0v) is 13.7. The van der Waals surface area contributed by atoms with Gasteiger partial charge in [0.2, 0.25) is 10.0 Å². The topological polar surface area (TPSA) is 116 Å². The highest BCUT2D eigenvalue weighted by Gasteiger charge is 2.35. The minimum absolute atomic E-state index is 0. The maximum absolute atomic E-state index is 12.6. The van der Waals surface area contributed by atoms with Crippen molar-refractivity contribution in [1.29, 1.82) is 0 Å². The Hall–Kier alpha value is -0.970. The van der Waals surface area contributed by atoms with E-state index in [1.54, 1.807) is 0 Å². The van der Waals surface area contributed by atoms with E-state index in [9.17, 15) is 18.5 Å². The Bertz CT molecular complexity index is 655. The summed E-state index contributed by atoms with van der Waals surface area (Å²) in [5.41, 5.74) is 4.93. The van der Waals surface area contributed by atoms with E-state index >= 15 is 0 Å². The van der Waals surface area contributed by atoms with Crippen molar-refractivity contribution in [2.24, 2.45) is 5.73 Å². The lowest BCUT2D eigenvalue weighted by Gasteiger charge is -2.31. The standard InChI is InChI=1S/C11H14ClN3O5S.ClH/c12-8-1-2-11(10(5-8)15(16)17)21(18,19)14-3-4-20-9(6-13)7-14;/h1-2,5,9H,3-4,6-7,13H2;1H. The van der Waals surface area contributed by atoms with Crippen LogP contribution in [0.25, 0.3) is 0 Å². The molecule has 22 heavy (non-hydrogen) atoms. The van der Waals surface area contributed by atoms with Crippen molar-refractivity contribution in [3.8, 4) is 0 Å². The lowest BCUT2D eigenvalue weighted by Crippen LogP contribution is -2.48. The quantitative estimate of drug-likeness (QED) is 0.623. The van der Waals surface area contributed by atoms with Gasteiger partial charge in [0.15, 0.2) is 4.90 Å². The molecule has 1 saturated heterocycles. The molecule has 0 bridgehead atoms. The van der Waals surface area contributed by atoms with Gasteiger partial charge in [-0.1, -0.05) is 11.6 Å². The number of nitrogens with two attached hydrogens (primary N) is 1. The zero-order valence-electron chi connectivity index (χ0n) is 11.3. The van der Waals surface area contributed by atoms with Crippen molar-refractivity contribution in [2.45, 2.75) is 11.0 Å². The van der Waals surface area contributed by atoms with Gasteiger partial charge in [0.1, 0.15) is 0 Å². The third kappa shape index (κ3) is 3.86. The molecule has 8 nitrogen and oxygen atoms in total. The van der Waals surface area contributed by atoms with Crippen LogP contribution < -0.4 is 5.73 Å². The van der Waals surface area contributed by atoms with Gasteiger partial charge in [0.25, 0.3) is 5.69 Å². The predicted octanol–water partition coefficient (Wildman–Crippen LogP) is 1.02. The van der Waals surface area contributed by atoms with E-state index in [1.165, 1.54) is 6.07 Å². The Morgan fingerprint density at radius 1 is 1.50 bits per heavy atom. The van der Waals surface area contributed by atoms with Crippen LogP contribution in [0.1, 0.15) is 0 Å². The molecule has 124 valence electrons. The number of hydrogen-bond acceptors (Lipinski definition) is 6. The van der Waals surface area contributed by atoms with Crippen LogP contribution in [-0.4, -0.2) is 50.0 Å². The fourth-order valence-electron chi connectivity index (χ4n) is 2.04. The number of nitro benzene ring substituents is 1. The van der Waals surface area contributed by atoms with Crippen molar-refractivity contribution in [3.63, 3.8) is 0 Å². The lowest BCUT2D eigenvalue weighted by atomic mass is 10.3. The number of morpholine rings is 1. The molecule has 1 unspecified atom stereocenters. The summed E-state index contributed by atoms with van der Waals surface area (Å²) in [5.74, 6) is 0. The summed E-state index contributed by atoms with van der Waals surface area (Å²) >= 11 is 5.69. The number of halogens is 2. The van der Waals surface area contributed by atoms with Crippen molar-refractivity contribution < 1.29 is 18.1 Å². The van der Waals surface area contributed by atoms with Crippen LogP contribution in [0.4, 0.5) is 5.69 Å². The maximum atomic E-state index is 12.6. The first kappa shape index (κ1) is 19.1. The maximum Gasteiger partial charge on any atom is 0.290 e. The summed E-state index contributed by atoms with van der Waals surface area (Å²) in [5, 5.41) is 11.1. The normalized spacial score (nSPS) is 19.5. The van der Waals surface area contributed by atoms with Gasteiger partial charge in [0.05, 0.1) is 17.6 Å². The van der Waals surface area contributed by atoms with Crippen molar-refractivity contribution in [2.75, 3.05) is 26.2 Å². The van der Waals surface area contributed by atoms with Crippen LogP contribution >= 0.6 is 24.0 Å². The van der Waals surface area contributed by atoms with Crippen LogP contribution in [0.2, 0.25) is 5.02 Å². The summed E-state index contributed by atoms with van der Waals surface area (Å²) < 4.78 is 31.6.